The van der Waals surface area contributed by atoms with E-state index in [1.54, 1.807) is 6.07 Å². The summed E-state index contributed by atoms with van der Waals surface area (Å²) in [7, 11) is 0. The highest BCUT2D eigenvalue weighted by molar-refractivity contribution is 5.29. The molecule has 84 valence electrons. The zero-order valence-electron chi connectivity index (χ0n) is 8.56. The second-order valence-electron chi connectivity index (χ2n) is 3.26. The molecule has 1 rings (SSSR count). The topological polar surface area (TPSA) is 12.0 Å². The second kappa shape index (κ2) is 5.16. The molecule has 0 unspecified atom stereocenters. The van der Waals surface area contributed by atoms with Crippen LogP contribution in [0.25, 0.3) is 0 Å². The minimum atomic E-state index is -4.25. The fraction of sp³-hybridized carbons (Fsp3) is 0.455. The van der Waals surface area contributed by atoms with Gasteiger partial charge in [-0.1, -0.05) is 25.1 Å². The van der Waals surface area contributed by atoms with E-state index >= 15 is 0 Å². The van der Waals surface area contributed by atoms with E-state index in [0.29, 0.717) is 18.5 Å². The van der Waals surface area contributed by atoms with Gasteiger partial charge in [0.25, 0.3) is 0 Å². The van der Waals surface area contributed by atoms with Gasteiger partial charge in [-0.3, -0.25) is 0 Å². The molecule has 0 fully saturated rings. The number of benzene rings is 1. The van der Waals surface area contributed by atoms with E-state index in [2.05, 4.69) is 5.32 Å². The number of hydrogen-bond acceptors (Lipinski definition) is 1. The van der Waals surface area contributed by atoms with Gasteiger partial charge in [0.1, 0.15) is 0 Å². The summed E-state index contributed by atoms with van der Waals surface area (Å²) in [5, 5.41) is 3.01. The summed E-state index contributed by atoms with van der Waals surface area (Å²) in [4.78, 5) is 0. The molecule has 1 aromatic rings. The normalized spacial score (nSPS) is 11.7. The first-order valence-corrected chi connectivity index (χ1v) is 4.91. The smallest absolute Gasteiger partial charge is 0.317 e. The van der Waals surface area contributed by atoms with E-state index < -0.39 is 11.7 Å². The molecular formula is C11H14F3N. The molecule has 0 radical (unpaired) electrons. The van der Waals surface area contributed by atoms with E-state index in [1.165, 1.54) is 12.1 Å². The van der Waals surface area contributed by atoms with Crippen LogP contribution in [0.1, 0.15) is 18.1 Å². The molecule has 0 saturated heterocycles. The van der Waals surface area contributed by atoms with Gasteiger partial charge in [-0.25, -0.2) is 0 Å². The van der Waals surface area contributed by atoms with Gasteiger partial charge in [-0.05, 0) is 31.1 Å². The van der Waals surface area contributed by atoms with Gasteiger partial charge in [-0.15, -0.1) is 0 Å². The Morgan fingerprint density at radius 3 is 2.47 bits per heavy atom. The zero-order chi connectivity index (χ0) is 11.3. The Bertz CT molecular complexity index is 307. The van der Waals surface area contributed by atoms with Crippen molar-refractivity contribution in [3.8, 4) is 0 Å². The fourth-order valence-corrected chi connectivity index (χ4v) is 1.41. The zero-order valence-corrected chi connectivity index (χ0v) is 8.56. The summed E-state index contributed by atoms with van der Waals surface area (Å²) >= 11 is 0. The Morgan fingerprint density at radius 2 is 1.87 bits per heavy atom. The number of likely N-dealkylation sites (N-methyl/N-ethyl adjacent to an activating group) is 1. The van der Waals surface area contributed by atoms with Crippen LogP contribution in [0, 0.1) is 0 Å². The standard InChI is InChI=1S/C11H14F3N/c1-2-15-8-7-9-5-3-4-6-10(9)11(12,13)14/h3-6,15H,2,7-8H2,1H3. The van der Waals surface area contributed by atoms with Gasteiger partial charge in [-0.2, -0.15) is 13.2 Å². The number of nitrogens with one attached hydrogen (secondary N) is 1. The van der Waals surface area contributed by atoms with Gasteiger partial charge in [0.15, 0.2) is 0 Å². The van der Waals surface area contributed by atoms with Crippen LogP contribution in [0.15, 0.2) is 24.3 Å². The molecule has 1 aromatic carbocycles. The van der Waals surface area contributed by atoms with Gasteiger partial charge < -0.3 is 5.32 Å². The Morgan fingerprint density at radius 1 is 1.20 bits per heavy atom. The molecule has 0 spiro atoms. The molecule has 0 aliphatic rings. The van der Waals surface area contributed by atoms with E-state index in [4.69, 9.17) is 0 Å². The molecule has 1 N–H and O–H groups in total. The highest BCUT2D eigenvalue weighted by atomic mass is 19.4. The van der Waals surface area contributed by atoms with Crippen molar-refractivity contribution in [3.05, 3.63) is 35.4 Å². The minimum absolute atomic E-state index is 0.353. The predicted octanol–water partition coefficient (Wildman–Crippen LogP) is 2.86. The third kappa shape index (κ3) is 3.55. The number of hydrogen-bond donors (Lipinski definition) is 1. The third-order valence-corrected chi connectivity index (χ3v) is 2.14. The van der Waals surface area contributed by atoms with Gasteiger partial charge in [0.05, 0.1) is 5.56 Å². The maximum atomic E-state index is 12.5. The van der Waals surface area contributed by atoms with Crippen LogP contribution in [-0.4, -0.2) is 13.1 Å². The molecular weight excluding hydrogens is 203 g/mol. The average molecular weight is 217 g/mol. The van der Waals surface area contributed by atoms with Crippen molar-refractivity contribution in [3.63, 3.8) is 0 Å². The molecule has 0 aliphatic carbocycles. The molecule has 0 aliphatic heterocycles. The third-order valence-electron chi connectivity index (χ3n) is 2.14. The maximum Gasteiger partial charge on any atom is 0.416 e. The van der Waals surface area contributed by atoms with Crippen LogP contribution in [0.4, 0.5) is 13.2 Å². The first-order valence-electron chi connectivity index (χ1n) is 4.91. The fourth-order valence-electron chi connectivity index (χ4n) is 1.41. The number of halogens is 3. The molecule has 0 aromatic heterocycles. The molecule has 0 atom stereocenters. The molecule has 0 saturated carbocycles. The lowest BCUT2D eigenvalue weighted by Gasteiger charge is -2.12. The lowest BCUT2D eigenvalue weighted by molar-refractivity contribution is -0.138. The second-order valence-corrected chi connectivity index (χ2v) is 3.26. The summed E-state index contributed by atoms with van der Waals surface area (Å²) in [6, 6.07) is 5.71. The quantitative estimate of drug-likeness (QED) is 0.765. The van der Waals surface area contributed by atoms with Crippen molar-refractivity contribution in [2.45, 2.75) is 19.5 Å². The molecule has 0 bridgehead atoms. The van der Waals surface area contributed by atoms with Crippen LogP contribution in [0.5, 0.6) is 0 Å². The lowest BCUT2D eigenvalue weighted by Crippen LogP contribution is -2.18. The van der Waals surface area contributed by atoms with Gasteiger partial charge in [0, 0.05) is 0 Å². The summed E-state index contributed by atoms with van der Waals surface area (Å²) < 4.78 is 37.6. The molecule has 0 heterocycles. The molecule has 1 nitrogen and oxygen atoms in total. The Kier molecular flexibility index (Phi) is 4.15. The van der Waals surface area contributed by atoms with Crippen LogP contribution in [-0.2, 0) is 12.6 Å². The molecule has 0 amide bonds. The van der Waals surface area contributed by atoms with Crippen LogP contribution in [0.2, 0.25) is 0 Å². The predicted molar refractivity (Wildman–Crippen MR) is 53.7 cm³/mol. The monoisotopic (exact) mass is 217 g/mol. The SMILES string of the molecule is CCNCCc1ccccc1C(F)(F)F. The van der Waals surface area contributed by atoms with Crippen molar-refractivity contribution in [1.82, 2.24) is 5.32 Å². The van der Waals surface area contributed by atoms with Crippen molar-refractivity contribution in [2.24, 2.45) is 0 Å². The van der Waals surface area contributed by atoms with E-state index in [9.17, 15) is 13.2 Å². The summed E-state index contributed by atoms with van der Waals surface area (Å²) in [5.74, 6) is 0. The van der Waals surface area contributed by atoms with Crippen LogP contribution < -0.4 is 5.32 Å². The number of alkyl halides is 3. The summed E-state index contributed by atoms with van der Waals surface area (Å²) in [6.07, 6.45) is -3.84. The van der Waals surface area contributed by atoms with Crippen LogP contribution in [0.3, 0.4) is 0 Å². The summed E-state index contributed by atoms with van der Waals surface area (Å²) in [6.45, 7) is 3.27. The highest BCUT2D eigenvalue weighted by Gasteiger charge is 2.32. The number of rotatable bonds is 4. The van der Waals surface area contributed by atoms with Crippen molar-refractivity contribution in [2.75, 3.05) is 13.1 Å². The van der Waals surface area contributed by atoms with Gasteiger partial charge >= 0.3 is 6.18 Å². The van der Waals surface area contributed by atoms with Crippen molar-refractivity contribution < 1.29 is 13.2 Å². The average Bonchev–Trinajstić information content (AvgIpc) is 2.17. The van der Waals surface area contributed by atoms with E-state index in [0.717, 1.165) is 12.6 Å². The largest absolute Gasteiger partial charge is 0.416 e. The van der Waals surface area contributed by atoms with E-state index in [1.807, 2.05) is 6.92 Å². The Balaban J connectivity index is 2.78. The first-order chi connectivity index (χ1) is 7.05. The highest BCUT2D eigenvalue weighted by Crippen LogP contribution is 2.31. The minimum Gasteiger partial charge on any atom is -0.317 e. The molecule has 4 heteroatoms. The summed E-state index contributed by atoms with van der Waals surface area (Å²) in [5.41, 5.74) is -0.172. The Hall–Kier alpha value is -1.03. The first kappa shape index (κ1) is 12.0. The maximum absolute atomic E-state index is 12.5. The van der Waals surface area contributed by atoms with Crippen LogP contribution >= 0.6 is 0 Å². The molecule has 15 heavy (non-hydrogen) atoms. The van der Waals surface area contributed by atoms with Crippen molar-refractivity contribution >= 4 is 0 Å². The van der Waals surface area contributed by atoms with Gasteiger partial charge in [0.2, 0.25) is 0 Å². The Labute approximate surface area is 87.3 Å². The van der Waals surface area contributed by atoms with E-state index in [-0.39, 0.29) is 0 Å². The lowest BCUT2D eigenvalue weighted by atomic mass is 10.0. The van der Waals surface area contributed by atoms with Crippen molar-refractivity contribution in [1.29, 1.82) is 0 Å².